The first-order chi connectivity index (χ1) is 13.3. The van der Waals surface area contributed by atoms with Crippen LogP contribution in [0.1, 0.15) is 21.5 Å². The second kappa shape index (κ2) is 6.78. The van der Waals surface area contributed by atoms with Crippen molar-refractivity contribution in [1.82, 2.24) is 14.8 Å². The molecule has 2 aromatic carbocycles. The van der Waals surface area contributed by atoms with Crippen LogP contribution in [-0.2, 0) is 12.8 Å². The minimum absolute atomic E-state index is 0.105. The summed E-state index contributed by atoms with van der Waals surface area (Å²) in [5.41, 5.74) is 4.50. The van der Waals surface area contributed by atoms with Crippen LogP contribution in [0, 0.1) is 0 Å². The quantitative estimate of drug-likeness (QED) is 0.707. The van der Waals surface area contributed by atoms with Crippen LogP contribution in [0.4, 0.5) is 0 Å². The van der Waals surface area contributed by atoms with Crippen molar-refractivity contribution in [2.45, 2.75) is 18.9 Å². The molecule has 0 spiro atoms. The highest BCUT2D eigenvalue weighted by molar-refractivity contribution is 6.05. The number of rotatable bonds is 2. The van der Waals surface area contributed by atoms with E-state index >= 15 is 0 Å². The van der Waals surface area contributed by atoms with Gasteiger partial charge in [-0.25, -0.2) is 0 Å². The van der Waals surface area contributed by atoms with Crippen LogP contribution in [0.15, 0.2) is 60.8 Å². The fourth-order valence-electron chi connectivity index (χ4n) is 4.53. The summed E-state index contributed by atoms with van der Waals surface area (Å²) in [6, 6.07) is 19.1. The van der Waals surface area contributed by atoms with Crippen molar-refractivity contribution in [3.63, 3.8) is 0 Å². The van der Waals surface area contributed by atoms with Gasteiger partial charge in [-0.3, -0.25) is 14.7 Å². The number of piperazine rings is 1. The molecule has 0 radical (unpaired) electrons. The lowest BCUT2D eigenvalue weighted by atomic mass is 10.1. The third kappa shape index (κ3) is 3.00. The minimum Gasteiger partial charge on any atom is -0.336 e. The molecule has 4 heteroatoms. The molecule has 0 atom stereocenters. The molecule has 4 nitrogen and oxygen atoms in total. The molecular formula is C23H23N3O. The zero-order valence-corrected chi connectivity index (χ0v) is 15.3. The largest absolute Gasteiger partial charge is 0.336 e. The fraction of sp³-hybridized carbons (Fsp3) is 0.304. The number of para-hydroxylation sites is 1. The van der Waals surface area contributed by atoms with Gasteiger partial charge in [-0.1, -0.05) is 42.5 Å². The van der Waals surface area contributed by atoms with Gasteiger partial charge in [0, 0.05) is 43.8 Å². The molecule has 136 valence electrons. The number of carbonyl (C=O) groups is 1. The lowest BCUT2D eigenvalue weighted by Gasteiger charge is -2.38. The number of pyridine rings is 1. The van der Waals surface area contributed by atoms with Gasteiger partial charge in [0.25, 0.3) is 5.91 Å². The maximum Gasteiger partial charge on any atom is 0.256 e. The fourth-order valence-corrected chi connectivity index (χ4v) is 4.53. The first-order valence-electron chi connectivity index (χ1n) is 9.73. The molecule has 1 aromatic heterocycles. The molecule has 3 aromatic rings. The van der Waals surface area contributed by atoms with E-state index in [1.54, 1.807) is 6.20 Å². The Labute approximate surface area is 159 Å². The van der Waals surface area contributed by atoms with Gasteiger partial charge < -0.3 is 4.90 Å². The monoisotopic (exact) mass is 357 g/mol. The van der Waals surface area contributed by atoms with E-state index in [9.17, 15) is 4.79 Å². The number of fused-ring (bicyclic) bond motifs is 2. The van der Waals surface area contributed by atoms with Gasteiger partial charge in [0.05, 0.1) is 11.1 Å². The Balaban J connectivity index is 1.27. The number of hydrogen-bond donors (Lipinski definition) is 0. The molecule has 0 N–H and O–H groups in total. The molecule has 1 fully saturated rings. The van der Waals surface area contributed by atoms with Gasteiger partial charge >= 0.3 is 0 Å². The van der Waals surface area contributed by atoms with Crippen LogP contribution in [-0.4, -0.2) is 52.9 Å². The molecule has 5 rings (SSSR count). The Kier molecular flexibility index (Phi) is 4.13. The van der Waals surface area contributed by atoms with Crippen LogP contribution in [0.2, 0.25) is 0 Å². The maximum atomic E-state index is 13.1. The van der Waals surface area contributed by atoms with Crippen molar-refractivity contribution in [2.24, 2.45) is 0 Å². The summed E-state index contributed by atoms with van der Waals surface area (Å²) < 4.78 is 0. The number of benzene rings is 2. The minimum atomic E-state index is 0.105. The first-order valence-corrected chi connectivity index (χ1v) is 9.73. The van der Waals surface area contributed by atoms with Crippen LogP contribution < -0.4 is 0 Å². The SMILES string of the molecule is O=C(c1cccc2cccnc12)N1CCN(C2Cc3ccccc3C2)CC1. The lowest BCUT2D eigenvalue weighted by Crippen LogP contribution is -2.52. The smallest absolute Gasteiger partial charge is 0.256 e. The van der Waals surface area contributed by atoms with E-state index < -0.39 is 0 Å². The molecule has 1 saturated heterocycles. The van der Waals surface area contributed by atoms with Gasteiger partial charge in [-0.05, 0) is 36.1 Å². The first kappa shape index (κ1) is 16.5. The molecular weight excluding hydrogens is 334 g/mol. The standard InChI is InChI=1S/C23H23N3O/c27-23(21-9-3-7-17-8-4-10-24-22(17)21)26-13-11-25(12-14-26)20-15-18-5-1-2-6-19(18)16-20/h1-10,20H,11-16H2. The van der Waals surface area contributed by atoms with Crippen LogP contribution >= 0.6 is 0 Å². The van der Waals surface area contributed by atoms with E-state index in [0.717, 1.165) is 55.5 Å². The number of carbonyl (C=O) groups excluding carboxylic acids is 1. The third-order valence-electron chi connectivity index (χ3n) is 6.01. The van der Waals surface area contributed by atoms with E-state index in [-0.39, 0.29) is 5.91 Å². The number of nitrogens with zero attached hydrogens (tertiary/aromatic N) is 3. The summed E-state index contributed by atoms with van der Waals surface area (Å²) in [6.45, 7) is 3.47. The van der Waals surface area contributed by atoms with E-state index in [4.69, 9.17) is 0 Å². The Hall–Kier alpha value is -2.72. The Morgan fingerprint density at radius 3 is 2.30 bits per heavy atom. The predicted octanol–water partition coefficient (Wildman–Crippen LogP) is 3.16. The molecule has 0 unspecified atom stereocenters. The summed E-state index contributed by atoms with van der Waals surface area (Å²) in [5, 5.41) is 1.02. The zero-order valence-electron chi connectivity index (χ0n) is 15.3. The number of hydrogen-bond acceptors (Lipinski definition) is 3. The highest BCUT2D eigenvalue weighted by atomic mass is 16.2. The average molecular weight is 357 g/mol. The lowest BCUT2D eigenvalue weighted by molar-refractivity contribution is 0.0577. The van der Waals surface area contributed by atoms with E-state index in [1.165, 1.54) is 11.1 Å². The van der Waals surface area contributed by atoms with Crippen molar-refractivity contribution in [3.8, 4) is 0 Å². The topological polar surface area (TPSA) is 36.4 Å². The molecule has 2 aliphatic rings. The number of amides is 1. The molecule has 1 aliphatic heterocycles. The molecule has 2 heterocycles. The van der Waals surface area contributed by atoms with E-state index in [2.05, 4.69) is 34.1 Å². The second-order valence-corrected chi connectivity index (χ2v) is 7.54. The Morgan fingerprint density at radius 2 is 1.56 bits per heavy atom. The van der Waals surface area contributed by atoms with Crippen LogP contribution in [0.25, 0.3) is 10.9 Å². The summed E-state index contributed by atoms with van der Waals surface area (Å²) in [7, 11) is 0. The van der Waals surface area contributed by atoms with E-state index in [1.807, 2.05) is 35.2 Å². The molecule has 0 bridgehead atoms. The predicted molar refractivity (Wildman–Crippen MR) is 107 cm³/mol. The van der Waals surface area contributed by atoms with Gasteiger partial charge in [0.15, 0.2) is 0 Å². The summed E-state index contributed by atoms with van der Waals surface area (Å²) in [6.07, 6.45) is 4.03. The van der Waals surface area contributed by atoms with Gasteiger partial charge in [0.1, 0.15) is 0 Å². The number of aromatic nitrogens is 1. The normalized spacial score (nSPS) is 18.0. The van der Waals surface area contributed by atoms with Crippen molar-refractivity contribution in [2.75, 3.05) is 26.2 Å². The van der Waals surface area contributed by atoms with Crippen molar-refractivity contribution < 1.29 is 4.79 Å². The molecule has 27 heavy (non-hydrogen) atoms. The summed E-state index contributed by atoms with van der Waals surface area (Å²) in [4.78, 5) is 22.1. The summed E-state index contributed by atoms with van der Waals surface area (Å²) in [5.74, 6) is 0.105. The third-order valence-corrected chi connectivity index (χ3v) is 6.01. The Bertz CT molecular complexity index is 961. The molecule has 1 amide bonds. The van der Waals surface area contributed by atoms with Gasteiger partial charge in [-0.2, -0.15) is 0 Å². The van der Waals surface area contributed by atoms with E-state index in [0.29, 0.717) is 6.04 Å². The summed E-state index contributed by atoms with van der Waals surface area (Å²) >= 11 is 0. The van der Waals surface area contributed by atoms with Gasteiger partial charge in [-0.15, -0.1) is 0 Å². The van der Waals surface area contributed by atoms with Gasteiger partial charge in [0.2, 0.25) is 0 Å². The zero-order chi connectivity index (χ0) is 18.2. The average Bonchev–Trinajstić information content (AvgIpc) is 3.17. The van der Waals surface area contributed by atoms with Crippen molar-refractivity contribution >= 4 is 16.8 Å². The highest BCUT2D eigenvalue weighted by Crippen LogP contribution is 2.26. The maximum absolute atomic E-state index is 13.1. The highest BCUT2D eigenvalue weighted by Gasteiger charge is 2.30. The van der Waals surface area contributed by atoms with Crippen molar-refractivity contribution in [3.05, 3.63) is 77.5 Å². The second-order valence-electron chi connectivity index (χ2n) is 7.54. The molecule has 1 aliphatic carbocycles. The molecule has 0 saturated carbocycles. The Morgan fingerprint density at radius 1 is 0.852 bits per heavy atom. The van der Waals surface area contributed by atoms with Crippen LogP contribution in [0.3, 0.4) is 0 Å². The van der Waals surface area contributed by atoms with Crippen molar-refractivity contribution in [1.29, 1.82) is 0 Å². The van der Waals surface area contributed by atoms with Crippen LogP contribution in [0.5, 0.6) is 0 Å².